The lowest BCUT2D eigenvalue weighted by Gasteiger charge is -2.04. The first-order valence-corrected chi connectivity index (χ1v) is 6.27. The number of halogens is 4. The molecule has 0 spiro atoms. The molecule has 0 aliphatic heterocycles. The van der Waals surface area contributed by atoms with Crippen molar-refractivity contribution in [2.75, 3.05) is 11.1 Å². The summed E-state index contributed by atoms with van der Waals surface area (Å²) in [6.07, 6.45) is 2.39. The normalized spacial score (nSPS) is 12.0. The fourth-order valence-corrected chi connectivity index (χ4v) is 1.83. The molecule has 3 nitrogen and oxygen atoms in total. The summed E-state index contributed by atoms with van der Waals surface area (Å²) >= 11 is 3.20. The molecular weight excluding hydrogens is 295 g/mol. The van der Waals surface area contributed by atoms with E-state index < -0.39 is 5.51 Å². The second-order valence-electron chi connectivity index (χ2n) is 2.71. The van der Waals surface area contributed by atoms with E-state index in [0.29, 0.717) is 0 Å². The van der Waals surface area contributed by atoms with Crippen LogP contribution in [0.4, 0.5) is 13.2 Å². The van der Waals surface area contributed by atoms with E-state index in [-0.39, 0.29) is 24.1 Å². The Kier molecular flexibility index (Phi) is 4.91. The predicted molar refractivity (Wildman–Crippen MR) is 56.0 cm³/mol. The van der Waals surface area contributed by atoms with Crippen LogP contribution in [-0.4, -0.2) is 31.6 Å². The van der Waals surface area contributed by atoms with Crippen LogP contribution in [0.3, 0.4) is 0 Å². The van der Waals surface area contributed by atoms with Crippen LogP contribution in [0.1, 0.15) is 5.69 Å². The van der Waals surface area contributed by atoms with Gasteiger partial charge in [0.25, 0.3) is 0 Å². The molecule has 0 N–H and O–H groups in total. The van der Waals surface area contributed by atoms with Crippen molar-refractivity contribution in [1.29, 1.82) is 0 Å². The maximum Gasteiger partial charge on any atom is 0.441 e. The summed E-state index contributed by atoms with van der Waals surface area (Å²) in [6.45, 7) is 0.222. The summed E-state index contributed by atoms with van der Waals surface area (Å²) in [7, 11) is 0. The van der Waals surface area contributed by atoms with Gasteiger partial charge in [-0.15, -0.1) is 5.10 Å². The number of rotatable bonds is 5. The zero-order valence-electron chi connectivity index (χ0n) is 7.67. The molecule has 1 aromatic heterocycles. The highest BCUT2D eigenvalue weighted by molar-refractivity contribution is 9.09. The SMILES string of the molecule is FC(F)(F)SCCn1cc(CCBr)nn1. The highest BCUT2D eigenvalue weighted by Gasteiger charge is 2.27. The van der Waals surface area contributed by atoms with Gasteiger partial charge in [-0.25, -0.2) is 0 Å². The van der Waals surface area contributed by atoms with E-state index in [4.69, 9.17) is 0 Å². The minimum absolute atomic E-state index is 0.0411. The van der Waals surface area contributed by atoms with E-state index in [2.05, 4.69) is 26.2 Å². The molecule has 0 saturated carbocycles. The smallest absolute Gasteiger partial charge is 0.251 e. The lowest BCUT2D eigenvalue weighted by Crippen LogP contribution is -2.07. The molecule has 1 aromatic rings. The third-order valence-corrected chi connectivity index (χ3v) is 2.63. The molecule has 0 atom stereocenters. The van der Waals surface area contributed by atoms with Crippen molar-refractivity contribution in [1.82, 2.24) is 15.0 Å². The fraction of sp³-hybridized carbons (Fsp3) is 0.714. The number of thioether (sulfide) groups is 1. The molecule has 8 heteroatoms. The largest absolute Gasteiger partial charge is 0.441 e. The zero-order valence-corrected chi connectivity index (χ0v) is 10.1. The standard InChI is InChI=1S/C7H9BrF3N3S/c8-2-1-6-5-14(13-12-6)3-4-15-7(9,10)11/h5H,1-4H2. The van der Waals surface area contributed by atoms with E-state index in [1.165, 1.54) is 4.68 Å². The average molecular weight is 304 g/mol. The Bertz CT molecular complexity index is 302. The highest BCUT2D eigenvalue weighted by Crippen LogP contribution is 2.29. The summed E-state index contributed by atoms with van der Waals surface area (Å²) in [4.78, 5) is 0. The quantitative estimate of drug-likeness (QED) is 0.783. The summed E-state index contributed by atoms with van der Waals surface area (Å²) in [5.74, 6) is -0.0411. The monoisotopic (exact) mass is 303 g/mol. The van der Waals surface area contributed by atoms with E-state index in [0.717, 1.165) is 17.4 Å². The Labute approximate surface area is 97.5 Å². The summed E-state index contributed by atoms with van der Waals surface area (Å²) in [5, 5.41) is 8.30. The molecule has 0 aliphatic rings. The van der Waals surface area contributed by atoms with Gasteiger partial charge in [-0.2, -0.15) is 13.2 Å². The predicted octanol–water partition coefficient (Wildman–Crippen LogP) is 2.47. The topological polar surface area (TPSA) is 30.7 Å². The Morgan fingerprint density at radius 3 is 2.80 bits per heavy atom. The molecule has 0 bridgehead atoms. The third-order valence-electron chi connectivity index (χ3n) is 1.52. The van der Waals surface area contributed by atoms with Crippen molar-refractivity contribution in [3.63, 3.8) is 0 Å². The van der Waals surface area contributed by atoms with Crippen molar-refractivity contribution < 1.29 is 13.2 Å². The number of aryl methyl sites for hydroxylation is 2. The van der Waals surface area contributed by atoms with Gasteiger partial charge in [0, 0.05) is 23.7 Å². The van der Waals surface area contributed by atoms with Gasteiger partial charge in [0.2, 0.25) is 0 Å². The van der Waals surface area contributed by atoms with Gasteiger partial charge >= 0.3 is 5.51 Å². The second kappa shape index (κ2) is 5.74. The lowest BCUT2D eigenvalue weighted by molar-refractivity contribution is -0.0328. The lowest BCUT2D eigenvalue weighted by atomic mass is 10.4. The first kappa shape index (κ1) is 12.8. The summed E-state index contributed by atoms with van der Waals surface area (Å²) in [5.41, 5.74) is -3.39. The van der Waals surface area contributed by atoms with Gasteiger partial charge in [0.1, 0.15) is 0 Å². The number of hydrogen-bond donors (Lipinski definition) is 0. The van der Waals surface area contributed by atoms with Crippen molar-refractivity contribution in [3.8, 4) is 0 Å². The van der Waals surface area contributed by atoms with Gasteiger partial charge in [0.05, 0.1) is 12.2 Å². The Morgan fingerprint density at radius 1 is 1.47 bits per heavy atom. The number of aromatic nitrogens is 3. The Balaban J connectivity index is 2.31. The van der Waals surface area contributed by atoms with E-state index in [1.54, 1.807) is 6.20 Å². The fourth-order valence-electron chi connectivity index (χ4n) is 0.914. The zero-order chi connectivity index (χ0) is 11.3. The van der Waals surface area contributed by atoms with Gasteiger partial charge in [-0.1, -0.05) is 21.1 Å². The molecule has 1 heterocycles. The van der Waals surface area contributed by atoms with Crippen LogP contribution < -0.4 is 0 Å². The van der Waals surface area contributed by atoms with Crippen LogP contribution in [-0.2, 0) is 13.0 Å². The highest BCUT2D eigenvalue weighted by atomic mass is 79.9. The third kappa shape index (κ3) is 5.41. The number of nitrogens with zero attached hydrogens (tertiary/aromatic N) is 3. The molecule has 0 radical (unpaired) electrons. The molecule has 0 unspecified atom stereocenters. The Morgan fingerprint density at radius 2 is 2.20 bits per heavy atom. The van der Waals surface area contributed by atoms with Gasteiger partial charge in [-0.3, -0.25) is 4.68 Å². The van der Waals surface area contributed by atoms with Crippen molar-refractivity contribution in [2.45, 2.75) is 18.5 Å². The molecule has 0 fully saturated rings. The first-order valence-electron chi connectivity index (χ1n) is 4.17. The number of hydrogen-bond acceptors (Lipinski definition) is 3. The second-order valence-corrected chi connectivity index (χ2v) is 4.66. The van der Waals surface area contributed by atoms with Crippen LogP contribution in [0.2, 0.25) is 0 Å². The van der Waals surface area contributed by atoms with Crippen molar-refractivity contribution in [2.24, 2.45) is 0 Å². The molecule has 0 aliphatic carbocycles. The van der Waals surface area contributed by atoms with Crippen molar-refractivity contribution >= 4 is 27.7 Å². The van der Waals surface area contributed by atoms with Crippen LogP contribution in [0, 0.1) is 0 Å². The summed E-state index contributed by atoms with van der Waals surface area (Å²) in [6, 6.07) is 0. The molecule has 0 saturated heterocycles. The molecule has 15 heavy (non-hydrogen) atoms. The van der Waals surface area contributed by atoms with Crippen LogP contribution in [0.25, 0.3) is 0 Å². The molecule has 0 aromatic carbocycles. The van der Waals surface area contributed by atoms with Crippen LogP contribution >= 0.6 is 27.7 Å². The molecule has 0 amide bonds. The number of alkyl halides is 4. The molecular formula is C7H9BrF3N3S. The van der Waals surface area contributed by atoms with E-state index in [9.17, 15) is 13.2 Å². The minimum Gasteiger partial charge on any atom is -0.251 e. The molecule has 1 rings (SSSR count). The maximum absolute atomic E-state index is 11.8. The van der Waals surface area contributed by atoms with Gasteiger partial charge in [-0.05, 0) is 11.8 Å². The van der Waals surface area contributed by atoms with Gasteiger partial charge < -0.3 is 0 Å². The maximum atomic E-state index is 11.8. The Hall–Kier alpha value is -0.240. The van der Waals surface area contributed by atoms with Gasteiger partial charge in [0.15, 0.2) is 0 Å². The average Bonchev–Trinajstić information content (AvgIpc) is 2.51. The van der Waals surface area contributed by atoms with Crippen LogP contribution in [0.5, 0.6) is 0 Å². The minimum atomic E-state index is -4.17. The van der Waals surface area contributed by atoms with E-state index >= 15 is 0 Å². The van der Waals surface area contributed by atoms with E-state index in [1.807, 2.05) is 0 Å². The summed E-state index contributed by atoms with van der Waals surface area (Å²) < 4.78 is 36.8. The molecule has 86 valence electrons. The first-order chi connectivity index (χ1) is 7.01. The van der Waals surface area contributed by atoms with Crippen molar-refractivity contribution in [3.05, 3.63) is 11.9 Å². The van der Waals surface area contributed by atoms with Crippen LogP contribution in [0.15, 0.2) is 6.20 Å².